The van der Waals surface area contributed by atoms with Gasteiger partial charge in [-0.25, -0.2) is 13.2 Å². The third-order valence-corrected chi connectivity index (χ3v) is 6.37. The molecular formula is C20H34N4O4S. The fourth-order valence-electron chi connectivity index (χ4n) is 2.15. The largest absolute Gasteiger partial charge is 0.444 e. The fraction of sp³-hybridized carbons (Fsp3) is 0.600. The van der Waals surface area contributed by atoms with Gasteiger partial charge in [0.2, 0.25) is 0 Å². The van der Waals surface area contributed by atoms with Crippen LogP contribution in [0.4, 0.5) is 10.5 Å². The molecule has 164 valence electrons. The molecule has 0 saturated carbocycles. The summed E-state index contributed by atoms with van der Waals surface area (Å²) in [5.41, 5.74) is 1.20. The molecule has 9 heteroatoms. The molecule has 0 aliphatic carbocycles. The highest BCUT2D eigenvalue weighted by Gasteiger charge is 2.30. The van der Waals surface area contributed by atoms with Gasteiger partial charge in [-0.15, -0.1) is 0 Å². The van der Waals surface area contributed by atoms with Gasteiger partial charge in [-0.3, -0.25) is 10.3 Å². The number of carbonyl (C=O) groups is 1. The number of amides is 1. The van der Waals surface area contributed by atoms with Crippen LogP contribution in [0.25, 0.3) is 0 Å². The van der Waals surface area contributed by atoms with Crippen LogP contribution in [0.3, 0.4) is 0 Å². The number of hydrogen-bond acceptors (Lipinski definition) is 5. The summed E-state index contributed by atoms with van der Waals surface area (Å²) in [5, 5.41) is 8.92. The van der Waals surface area contributed by atoms with Crippen LogP contribution in [-0.2, 0) is 21.0 Å². The van der Waals surface area contributed by atoms with Crippen LogP contribution < -0.4 is 16.0 Å². The number of rotatable bonds is 7. The summed E-state index contributed by atoms with van der Waals surface area (Å²) >= 11 is 0. The average molecular weight is 427 g/mol. The van der Waals surface area contributed by atoms with E-state index in [1.807, 2.05) is 45.0 Å². The Morgan fingerprint density at radius 3 is 2.14 bits per heavy atom. The zero-order chi connectivity index (χ0) is 22.3. The first-order chi connectivity index (χ1) is 13.2. The van der Waals surface area contributed by atoms with Gasteiger partial charge in [0.05, 0.1) is 4.75 Å². The maximum atomic E-state index is 11.8. The van der Waals surface area contributed by atoms with E-state index in [4.69, 9.17) is 4.74 Å². The number of hydrogen-bond donors (Lipinski definition) is 3. The molecular weight excluding hydrogens is 392 g/mol. The number of benzene rings is 1. The topological polar surface area (TPSA) is 109 Å². The molecule has 0 unspecified atom stereocenters. The van der Waals surface area contributed by atoms with Crippen molar-refractivity contribution in [3.63, 3.8) is 0 Å². The maximum Gasteiger partial charge on any atom is 0.412 e. The summed E-state index contributed by atoms with van der Waals surface area (Å²) in [6, 6.07) is 7.50. The van der Waals surface area contributed by atoms with Crippen molar-refractivity contribution >= 4 is 27.6 Å². The third-order valence-electron chi connectivity index (χ3n) is 4.21. The lowest BCUT2D eigenvalue weighted by molar-refractivity contribution is 0.0636. The number of sulfone groups is 1. The molecule has 0 aliphatic heterocycles. The highest BCUT2D eigenvalue weighted by atomic mass is 32.2. The highest BCUT2D eigenvalue weighted by Crippen LogP contribution is 2.14. The minimum absolute atomic E-state index is 0.260. The SMILES string of the molecule is CN=C(NCCc1ccc(NC(=O)OC(C)(C)C)cc1)NCC(C)(C)S(C)(=O)=O. The molecule has 3 N–H and O–H groups in total. The molecule has 0 bridgehead atoms. The minimum Gasteiger partial charge on any atom is -0.444 e. The summed E-state index contributed by atoms with van der Waals surface area (Å²) in [5.74, 6) is 0.546. The Morgan fingerprint density at radius 2 is 1.66 bits per heavy atom. The van der Waals surface area contributed by atoms with Crippen LogP contribution in [0.15, 0.2) is 29.3 Å². The van der Waals surface area contributed by atoms with E-state index in [2.05, 4.69) is 20.9 Å². The Labute approximate surface area is 174 Å². The molecule has 0 radical (unpaired) electrons. The van der Waals surface area contributed by atoms with E-state index in [0.29, 0.717) is 18.2 Å². The van der Waals surface area contributed by atoms with Gasteiger partial charge in [-0.1, -0.05) is 12.1 Å². The molecule has 0 heterocycles. The van der Waals surface area contributed by atoms with Crippen molar-refractivity contribution in [2.45, 2.75) is 51.4 Å². The van der Waals surface area contributed by atoms with Gasteiger partial charge in [0.15, 0.2) is 15.8 Å². The van der Waals surface area contributed by atoms with E-state index < -0.39 is 26.3 Å². The van der Waals surface area contributed by atoms with Crippen molar-refractivity contribution in [1.82, 2.24) is 10.6 Å². The van der Waals surface area contributed by atoms with Gasteiger partial charge in [0, 0.05) is 32.1 Å². The van der Waals surface area contributed by atoms with E-state index >= 15 is 0 Å². The van der Waals surface area contributed by atoms with Crippen LogP contribution in [0.1, 0.15) is 40.2 Å². The van der Waals surface area contributed by atoms with Crippen LogP contribution in [-0.4, -0.2) is 57.2 Å². The van der Waals surface area contributed by atoms with Crippen LogP contribution in [0, 0.1) is 0 Å². The van der Waals surface area contributed by atoms with Crippen molar-refractivity contribution < 1.29 is 17.9 Å². The van der Waals surface area contributed by atoms with E-state index in [-0.39, 0.29) is 6.54 Å². The molecule has 0 aliphatic rings. The number of carbonyl (C=O) groups excluding carboxylic acids is 1. The number of anilines is 1. The van der Waals surface area contributed by atoms with E-state index in [9.17, 15) is 13.2 Å². The molecule has 0 fully saturated rings. The standard InChI is InChI=1S/C20H34N4O4S/c1-19(2,3)28-18(25)24-16-10-8-15(9-11-16)12-13-22-17(21-6)23-14-20(4,5)29(7,26)27/h8-11H,12-14H2,1-7H3,(H,24,25)(H2,21,22,23). The quantitative estimate of drug-likeness (QED) is 0.457. The Morgan fingerprint density at radius 1 is 1.07 bits per heavy atom. The molecule has 1 rings (SSSR count). The summed E-state index contributed by atoms with van der Waals surface area (Å²) in [6.07, 6.45) is 1.48. The summed E-state index contributed by atoms with van der Waals surface area (Å²) < 4.78 is 27.9. The van der Waals surface area contributed by atoms with Crippen molar-refractivity contribution in [2.75, 3.05) is 31.7 Å². The van der Waals surface area contributed by atoms with Crippen LogP contribution in [0.2, 0.25) is 0 Å². The Balaban J connectivity index is 2.48. The number of nitrogens with zero attached hydrogens (tertiary/aromatic N) is 1. The first kappa shape index (κ1) is 24.7. The lowest BCUT2D eigenvalue weighted by Gasteiger charge is -2.24. The second-order valence-electron chi connectivity index (χ2n) is 8.46. The third kappa shape index (κ3) is 9.17. The van der Waals surface area contributed by atoms with Gasteiger partial charge in [-0.05, 0) is 58.7 Å². The van der Waals surface area contributed by atoms with Gasteiger partial charge in [-0.2, -0.15) is 0 Å². The molecule has 0 spiro atoms. The highest BCUT2D eigenvalue weighted by molar-refractivity contribution is 7.92. The zero-order valence-corrected chi connectivity index (χ0v) is 19.2. The van der Waals surface area contributed by atoms with E-state index in [1.54, 1.807) is 20.9 Å². The van der Waals surface area contributed by atoms with Crippen molar-refractivity contribution in [1.29, 1.82) is 0 Å². The Hall–Kier alpha value is -2.29. The number of nitrogens with one attached hydrogen (secondary N) is 3. The van der Waals surface area contributed by atoms with Crippen LogP contribution in [0.5, 0.6) is 0 Å². The minimum atomic E-state index is -3.18. The molecule has 0 saturated heterocycles. The zero-order valence-electron chi connectivity index (χ0n) is 18.4. The molecule has 1 aromatic carbocycles. The lowest BCUT2D eigenvalue weighted by atomic mass is 10.1. The predicted octanol–water partition coefficient (Wildman–Crippen LogP) is 2.56. The molecule has 0 atom stereocenters. The summed E-state index contributed by atoms with van der Waals surface area (Å²) in [6.45, 7) is 9.67. The number of guanidine groups is 1. The van der Waals surface area contributed by atoms with E-state index in [0.717, 1.165) is 12.0 Å². The van der Waals surface area contributed by atoms with Crippen molar-refractivity contribution in [2.24, 2.45) is 4.99 Å². The smallest absolute Gasteiger partial charge is 0.412 e. The number of ether oxygens (including phenoxy) is 1. The summed E-state index contributed by atoms with van der Waals surface area (Å²) in [7, 11) is -1.54. The van der Waals surface area contributed by atoms with Gasteiger partial charge < -0.3 is 15.4 Å². The van der Waals surface area contributed by atoms with Gasteiger partial charge >= 0.3 is 6.09 Å². The molecule has 1 aromatic rings. The molecule has 29 heavy (non-hydrogen) atoms. The average Bonchev–Trinajstić information content (AvgIpc) is 2.56. The molecule has 0 aromatic heterocycles. The predicted molar refractivity (Wildman–Crippen MR) is 118 cm³/mol. The normalized spacial score (nSPS) is 13.0. The summed E-state index contributed by atoms with van der Waals surface area (Å²) in [4.78, 5) is 15.9. The molecule has 8 nitrogen and oxygen atoms in total. The molecule has 1 amide bonds. The first-order valence-electron chi connectivity index (χ1n) is 9.46. The second-order valence-corrected chi connectivity index (χ2v) is 11.1. The fourth-order valence-corrected chi connectivity index (χ4v) is 2.48. The van der Waals surface area contributed by atoms with Crippen LogP contribution >= 0.6 is 0 Å². The number of aliphatic imine (C=N–C) groups is 1. The monoisotopic (exact) mass is 426 g/mol. The van der Waals surface area contributed by atoms with Gasteiger partial charge in [0.1, 0.15) is 5.60 Å². The second kappa shape index (κ2) is 9.96. The van der Waals surface area contributed by atoms with E-state index in [1.165, 1.54) is 6.26 Å². The Bertz CT molecular complexity index is 810. The first-order valence-corrected chi connectivity index (χ1v) is 11.4. The van der Waals surface area contributed by atoms with Crippen molar-refractivity contribution in [3.05, 3.63) is 29.8 Å². The van der Waals surface area contributed by atoms with Crippen molar-refractivity contribution in [3.8, 4) is 0 Å². The van der Waals surface area contributed by atoms with Gasteiger partial charge in [0.25, 0.3) is 0 Å². The maximum absolute atomic E-state index is 11.8. The lowest BCUT2D eigenvalue weighted by Crippen LogP contribution is -2.48. The Kier molecular flexibility index (Phi) is 8.50.